The molecule has 0 saturated carbocycles. The van der Waals surface area contributed by atoms with Gasteiger partial charge in [-0.15, -0.1) is 11.6 Å². The average molecular weight is 223 g/mol. The van der Waals surface area contributed by atoms with E-state index >= 15 is 0 Å². The lowest BCUT2D eigenvalue weighted by molar-refractivity contribution is 0.393. The van der Waals surface area contributed by atoms with Crippen LogP contribution >= 0.6 is 30.3 Å². The summed E-state index contributed by atoms with van der Waals surface area (Å²) in [7, 11) is -0.994. The summed E-state index contributed by atoms with van der Waals surface area (Å²) in [5, 5.41) is 1.03. The summed E-state index contributed by atoms with van der Waals surface area (Å²) < 4.78 is 5.28. The fourth-order valence-electron chi connectivity index (χ4n) is 0.734. The Labute approximate surface area is 83.3 Å². The normalized spacial score (nSPS) is 12.8. The molecule has 1 atom stereocenters. The van der Waals surface area contributed by atoms with E-state index in [1.807, 2.05) is 30.3 Å². The predicted octanol–water partition coefficient (Wildman–Crippen LogP) is 3.12. The van der Waals surface area contributed by atoms with Crippen LogP contribution in [-0.4, -0.2) is 12.5 Å². The summed E-state index contributed by atoms with van der Waals surface area (Å²) in [4.78, 5) is 0. The summed E-state index contributed by atoms with van der Waals surface area (Å²) in [5.74, 6) is 0.485. The van der Waals surface area contributed by atoms with Crippen molar-refractivity contribution in [2.45, 2.75) is 0 Å². The van der Waals surface area contributed by atoms with E-state index in [4.69, 9.17) is 27.4 Å². The van der Waals surface area contributed by atoms with Crippen LogP contribution in [0.4, 0.5) is 0 Å². The molecule has 0 heterocycles. The number of halogens is 2. The summed E-state index contributed by atoms with van der Waals surface area (Å²) >= 11 is 11.4. The topological polar surface area (TPSA) is 9.23 Å². The fourth-order valence-corrected chi connectivity index (χ4v) is 2.27. The van der Waals surface area contributed by atoms with Crippen molar-refractivity contribution in [3.8, 4) is 0 Å². The smallest absolute Gasteiger partial charge is 0.157 e. The molecule has 0 saturated heterocycles. The van der Waals surface area contributed by atoms with Gasteiger partial charge in [0.1, 0.15) is 0 Å². The van der Waals surface area contributed by atoms with E-state index in [0.717, 1.165) is 5.30 Å². The number of alkyl halides is 1. The first-order chi connectivity index (χ1) is 5.84. The summed E-state index contributed by atoms with van der Waals surface area (Å²) in [6.45, 7) is 0.506. The molecule has 66 valence electrons. The lowest BCUT2D eigenvalue weighted by Crippen LogP contribution is -1.99. The molecule has 1 aromatic carbocycles. The maximum Gasteiger partial charge on any atom is 0.157 e. The van der Waals surface area contributed by atoms with Gasteiger partial charge in [-0.25, -0.2) is 0 Å². The molecule has 12 heavy (non-hydrogen) atoms. The number of hydrogen-bond donors (Lipinski definition) is 0. The van der Waals surface area contributed by atoms with E-state index in [0.29, 0.717) is 12.5 Å². The first kappa shape index (κ1) is 10.3. The highest BCUT2D eigenvalue weighted by molar-refractivity contribution is 7.86. The lowest BCUT2D eigenvalue weighted by atomic mass is 10.4. The molecule has 1 nitrogen and oxygen atoms in total. The highest BCUT2D eigenvalue weighted by Gasteiger charge is 2.06. The summed E-state index contributed by atoms with van der Waals surface area (Å²) in [5.41, 5.74) is 0. The summed E-state index contributed by atoms with van der Waals surface area (Å²) in [6.07, 6.45) is 0. The van der Waals surface area contributed by atoms with Gasteiger partial charge in [-0.1, -0.05) is 41.6 Å². The monoisotopic (exact) mass is 222 g/mol. The van der Waals surface area contributed by atoms with Crippen molar-refractivity contribution < 1.29 is 4.52 Å². The third-order valence-electron chi connectivity index (χ3n) is 1.24. The molecule has 0 spiro atoms. The highest BCUT2D eigenvalue weighted by atomic mass is 35.7. The Morgan fingerprint density at radius 2 is 1.92 bits per heavy atom. The van der Waals surface area contributed by atoms with Crippen molar-refractivity contribution in [2.75, 3.05) is 12.5 Å². The first-order valence-corrected chi connectivity index (χ1v) is 6.24. The van der Waals surface area contributed by atoms with Crippen molar-refractivity contribution in [3.05, 3.63) is 30.3 Å². The van der Waals surface area contributed by atoms with Crippen LogP contribution in [-0.2, 0) is 4.52 Å². The van der Waals surface area contributed by atoms with Gasteiger partial charge in [0.25, 0.3) is 0 Å². The van der Waals surface area contributed by atoms with Crippen molar-refractivity contribution in [2.24, 2.45) is 0 Å². The molecule has 0 aliphatic carbocycles. The minimum Gasteiger partial charge on any atom is -0.339 e. The van der Waals surface area contributed by atoms with E-state index in [9.17, 15) is 0 Å². The molecule has 1 rings (SSSR count). The first-order valence-electron chi connectivity index (χ1n) is 3.54. The molecule has 0 bridgehead atoms. The summed E-state index contributed by atoms with van der Waals surface area (Å²) in [6, 6.07) is 9.74. The zero-order valence-corrected chi connectivity index (χ0v) is 8.82. The van der Waals surface area contributed by atoms with Crippen LogP contribution in [0.25, 0.3) is 0 Å². The molecule has 0 fully saturated rings. The van der Waals surface area contributed by atoms with E-state index in [2.05, 4.69) is 0 Å². The molecule has 1 unspecified atom stereocenters. The molecule has 0 aliphatic rings. The molecule has 1 aromatic rings. The van der Waals surface area contributed by atoms with Crippen LogP contribution in [0.15, 0.2) is 30.3 Å². The second kappa shape index (κ2) is 5.77. The lowest BCUT2D eigenvalue weighted by Gasteiger charge is -2.08. The van der Waals surface area contributed by atoms with Crippen LogP contribution in [0.1, 0.15) is 0 Å². The van der Waals surface area contributed by atoms with Crippen LogP contribution in [0.3, 0.4) is 0 Å². The van der Waals surface area contributed by atoms with Gasteiger partial charge in [-0.05, 0) is 0 Å². The zero-order chi connectivity index (χ0) is 8.81. The number of rotatable bonds is 4. The Balaban J connectivity index is 2.48. The number of hydrogen-bond acceptors (Lipinski definition) is 1. The standard InChI is InChI=1S/C8H9Cl2OP/c9-6-7-11-12(10)8-4-2-1-3-5-8/h1-5H,6-7H2. The van der Waals surface area contributed by atoms with Crippen LogP contribution in [0, 0.1) is 0 Å². The molecule has 4 heteroatoms. The van der Waals surface area contributed by atoms with Gasteiger partial charge in [-0.2, -0.15) is 0 Å². The molecule has 0 radical (unpaired) electrons. The molecular weight excluding hydrogens is 214 g/mol. The third kappa shape index (κ3) is 3.28. The quantitative estimate of drug-likeness (QED) is 0.562. The van der Waals surface area contributed by atoms with Crippen molar-refractivity contribution >= 4 is 35.6 Å². The Kier molecular flexibility index (Phi) is 4.94. The maximum atomic E-state index is 5.97. The van der Waals surface area contributed by atoms with Gasteiger partial charge in [0.05, 0.1) is 6.61 Å². The largest absolute Gasteiger partial charge is 0.339 e. The van der Waals surface area contributed by atoms with Crippen LogP contribution < -0.4 is 5.30 Å². The second-order valence-corrected chi connectivity index (χ2v) is 4.67. The SMILES string of the molecule is ClCCOP(Cl)c1ccccc1. The van der Waals surface area contributed by atoms with Gasteiger partial charge in [0.15, 0.2) is 7.50 Å². The molecule has 0 aromatic heterocycles. The van der Waals surface area contributed by atoms with Crippen LogP contribution in [0.2, 0.25) is 0 Å². The zero-order valence-electron chi connectivity index (χ0n) is 6.41. The molecule has 0 aliphatic heterocycles. The third-order valence-corrected chi connectivity index (χ3v) is 3.39. The van der Waals surface area contributed by atoms with E-state index in [-0.39, 0.29) is 0 Å². The maximum absolute atomic E-state index is 5.97. The number of benzene rings is 1. The van der Waals surface area contributed by atoms with Gasteiger partial charge in [0.2, 0.25) is 0 Å². The minimum absolute atomic E-state index is 0.485. The van der Waals surface area contributed by atoms with Crippen LogP contribution in [0.5, 0.6) is 0 Å². The van der Waals surface area contributed by atoms with E-state index in [1.54, 1.807) is 0 Å². The van der Waals surface area contributed by atoms with E-state index < -0.39 is 7.50 Å². The van der Waals surface area contributed by atoms with Crippen molar-refractivity contribution in [3.63, 3.8) is 0 Å². The fraction of sp³-hybridized carbons (Fsp3) is 0.250. The van der Waals surface area contributed by atoms with E-state index in [1.165, 1.54) is 0 Å². The second-order valence-electron chi connectivity index (χ2n) is 2.10. The van der Waals surface area contributed by atoms with Gasteiger partial charge in [0, 0.05) is 11.2 Å². The van der Waals surface area contributed by atoms with Gasteiger partial charge < -0.3 is 4.52 Å². The Bertz CT molecular complexity index is 218. The highest BCUT2D eigenvalue weighted by Crippen LogP contribution is 2.40. The van der Waals surface area contributed by atoms with Crippen molar-refractivity contribution in [1.82, 2.24) is 0 Å². The molecular formula is C8H9Cl2OP. The van der Waals surface area contributed by atoms with Gasteiger partial charge in [-0.3, -0.25) is 0 Å². The Morgan fingerprint density at radius 3 is 2.50 bits per heavy atom. The average Bonchev–Trinajstić information content (AvgIpc) is 2.15. The Morgan fingerprint density at radius 1 is 1.25 bits per heavy atom. The Hall–Kier alpha value is 0.190. The predicted molar refractivity (Wildman–Crippen MR) is 55.5 cm³/mol. The minimum atomic E-state index is -0.994. The molecule has 0 N–H and O–H groups in total. The molecule has 0 amide bonds. The van der Waals surface area contributed by atoms with Gasteiger partial charge >= 0.3 is 0 Å². The van der Waals surface area contributed by atoms with Crippen molar-refractivity contribution in [1.29, 1.82) is 0 Å².